The normalized spacial score (nSPS) is 12.5. The minimum atomic E-state index is -0.926. The van der Waals surface area contributed by atoms with Crippen LogP contribution in [0, 0.1) is 40.4 Å². The third kappa shape index (κ3) is 15.4. The van der Waals surface area contributed by atoms with E-state index in [1.165, 1.54) is 0 Å². The second-order valence-electron chi connectivity index (χ2n) is 20.4. The molecule has 4 aromatic carbocycles. The molecule has 0 saturated carbocycles. The van der Waals surface area contributed by atoms with Crippen LogP contribution in [0.2, 0.25) is 0 Å². The van der Waals surface area contributed by atoms with Gasteiger partial charge in [0.05, 0.1) is 11.4 Å². The molecule has 16 heteroatoms. The number of hydrogen-bond donors (Lipinski definition) is 3. The smallest absolute Gasteiger partial charge is 0.272 e. The van der Waals surface area contributed by atoms with Gasteiger partial charge in [-0.15, -0.1) is 10.2 Å². The average molecular weight is 1080 g/mol. The summed E-state index contributed by atoms with van der Waals surface area (Å²) < 4.78 is 1.71. The fraction of sp³-hybridized carbons (Fsp3) is 0.406. The van der Waals surface area contributed by atoms with Crippen LogP contribution in [0.25, 0.3) is 22.3 Å². The second kappa shape index (κ2) is 30.6. The summed E-state index contributed by atoms with van der Waals surface area (Å²) in [5.74, 6) is -0.778. The Morgan fingerprint density at radius 1 is 0.562 bits per heavy atom. The van der Waals surface area contributed by atoms with Crippen molar-refractivity contribution < 1.29 is 19.8 Å². The minimum absolute atomic E-state index is 0.00314. The summed E-state index contributed by atoms with van der Waals surface area (Å²) >= 11 is 0. The average Bonchev–Trinajstić information content (AvgIpc) is 3.59. The Morgan fingerprint density at radius 2 is 0.975 bits per heavy atom. The van der Waals surface area contributed by atoms with Crippen molar-refractivity contribution in [2.24, 2.45) is 38.2 Å². The van der Waals surface area contributed by atoms with E-state index in [1.807, 2.05) is 17.0 Å². The van der Waals surface area contributed by atoms with Crippen LogP contribution in [-0.4, -0.2) is 55.7 Å². The zero-order valence-electron chi connectivity index (χ0n) is 47.2. The number of pyridine rings is 2. The Balaban J connectivity index is 1.40. The zero-order chi connectivity index (χ0) is 57.6. The molecule has 0 saturated heterocycles. The Morgan fingerprint density at radius 3 is 1.39 bits per heavy atom. The van der Waals surface area contributed by atoms with Crippen LogP contribution in [0.4, 0.5) is 22.7 Å². The van der Waals surface area contributed by atoms with Gasteiger partial charge in [0, 0.05) is 55.0 Å². The molecule has 3 N–H and O–H groups in total. The standard InChI is InChI=1S/C64H76N10O6/c1-7-13-24-44(10-4)41-67-59(75)49-31-22-33-51(37-49)68-70-57-55(47-27-18-16-19-28-47)53(39-65)61(77)73(63(57)79)35-36-74-62(78)54(40-66)56(48-29-20-17-21-30-48)58(64(74)80)71-69-52-34-23-32-50(38-52)60(76)72(42-45(11-5)25-14-8-2)43-46(12-6)26-15-9-3/h16-23,27-34,37-38,44-46,79-80H,7-15,24-26,35-36,41-43H2,1-6H3,(H,67,75)/b70-68+,71-69+. The Kier molecular flexibility index (Phi) is 23.2. The topological polar surface area (TPSA) is 231 Å². The molecule has 3 atom stereocenters. The molecule has 0 radical (unpaired) electrons. The van der Waals surface area contributed by atoms with E-state index < -0.39 is 36.0 Å². The Hall–Kier alpha value is -8.50. The van der Waals surface area contributed by atoms with Crippen molar-refractivity contribution in [3.8, 4) is 46.2 Å². The van der Waals surface area contributed by atoms with E-state index in [0.717, 1.165) is 86.2 Å². The second-order valence-corrected chi connectivity index (χ2v) is 20.4. The number of azo groups is 2. The SMILES string of the molecule is CCCCC(CC)CNC(=O)c1cccc(/N=N/c2c(-c3ccccc3)c(C#N)c(=O)n(CCn3c(O)c(/N=N/c4cccc(C(=O)N(CC(CC)CCCC)CC(CC)CCCC)c4)c(-c4ccccc4)c(C#N)c3=O)c2O)c1. The van der Waals surface area contributed by atoms with Gasteiger partial charge in [-0.2, -0.15) is 20.8 Å². The van der Waals surface area contributed by atoms with Gasteiger partial charge in [0.2, 0.25) is 11.8 Å². The molecule has 2 aromatic heterocycles. The largest absolute Gasteiger partial charge is 0.493 e. The number of rotatable bonds is 29. The first-order valence-corrected chi connectivity index (χ1v) is 28.4. The van der Waals surface area contributed by atoms with E-state index in [9.17, 15) is 39.9 Å². The van der Waals surface area contributed by atoms with Gasteiger partial charge in [-0.25, -0.2) is 0 Å². The minimum Gasteiger partial charge on any atom is -0.493 e. The fourth-order valence-corrected chi connectivity index (χ4v) is 9.97. The summed E-state index contributed by atoms with van der Waals surface area (Å²) in [5, 5.41) is 66.4. The van der Waals surface area contributed by atoms with Crippen molar-refractivity contribution in [2.75, 3.05) is 19.6 Å². The van der Waals surface area contributed by atoms with Gasteiger partial charge in [-0.05, 0) is 84.5 Å². The van der Waals surface area contributed by atoms with Gasteiger partial charge in [-0.1, -0.05) is 172 Å². The number of benzene rings is 4. The van der Waals surface area contributed by atoms with Crippen molar-refractivity contribution in [1.82, 2.24) is 19.4 Å². The van der Waals surface area contributed by atoms with Crippen LogP contribution < -0.4 is 16.4 Å². The first-order valence-electron chi connectivity index (χ1n) is 28.4. The number of hydrogen-bond acceptors (Lipinski definition) is 12. The van der Waals surface area contributed by atoms with Crippen LogP contribution in [0.5, 0.6) is 11.8 Å². The molecule has 0 aliphatic carbocycles. The number of nitriles is 2. The predicted molar refractivity (Wildman–Crippen MR) is 314 cm³/mol. The summed E-state index contributed by atoms with van der Waals surface area (Å²) in [4.78, 5) is 58.6. The van der Waals surface area contributed by atoms with E-state index in [2.05, 4.69) is 67.3 Å². The van der Waals surface area contributed by atoms with Crippen molar-refractivity contribution in [3.05, 3.63) is 152 Å². The molecule has 418 valence electrons. The number of aromatic hydroxyl groups is 2. The molecule has 6 aromatic rings. The highest BCUT2D eigenvalue weighted by Crippen LogP contribution is 2.42. The number of nitrogens with one attached hydrogen (secondary N) is 1. The lowest BCUT2D eigenvalue weighted by Crippen LogP contribution is -2.39. The highest BCUT2D eigenvalue weighted by molar-refractivity contribution is 5.95. The van der Waals surface area contributed by atoms with Gasteiger partial charge in [0.1, 0.15) is 23.3 Å². The van der Waals surface area contributed by atoms with Gasteiger partial charge < -0.3 is 20.4 Å². The Bertz CT molecular complexity index is 3300. The molecular formula is C64H76N10O6. The molecule has 16 nitrogen and oxygen atoms in total. The van der Waals surface area contributed by atoms with Gasteiger partial charge in [-0.3, -0.25) is 28.3 Å². The van der Waals surface area contributed by atoms with Crippen LogP contribution >= 0.6 is 0 Å². The number of unbranched alkanes of at least 4 members (excludes halogenated alkanes) is 3. The van der Waals surface area contributed by atoms with Crippen molar-refractivity contribution >= 4 is 34.6 Å². The lowest BCUT2D eigenvalue weighted by Gasteiger charge is -2.31. The van der Waals surface area contributed by atoms with Gasteiger partial charge in [0.15, 0.2) is 11.4 Å². The van der Waals surface area contributed by atoms with E-state index in [1.54, 1.807) is 109 Å². The lowest BCUT2D eigenvalue weighted by atomic mass is 9.95. The molecule has 0 spiro atoms. The monoisotopic (exact) mass is 1080 g/mol. The molecule has 0 fully saturated rings. The predicted octanol–water partition coefficient (Wildman–Crippen LogP) is 14.9. The van der Waals surface area contributed by atoms with E-state index in [-0.39, 0.29) is 56.8 Å². The Labute approximate surface area is 470 Å². The van der Waals surface area contributed by atoms with E-state index in [0.29, 0.717) is 59.6 Å². The molecule has 0 bridgehead atoms. The highest BCUT2D eigenvalue weighted by Gasteiger charge is 2.28. The third-order valence-corrected chi connectivity index (χ3v) is 14.9. The van der Waals surface area contributed by atoms with Gasteiger partial charge in [0.25, 0.3) is 22.9 Å². The summed E-state index contributed by atoms with van der Waals surface area (Å²) in [6.45, 7) is 13.7. The molecule has 0 aliphatic rings. The molecule has 2 heterocycles. The third-order valence-electron chi connectivity index (χ3n) is 14.9. The zero-order valence-corrected chi connectivity index (χ0v) is 47.2. The number of aromatic nitrogens is 2. The van der Waals surface area contributed by atoms with E-state index >= 15 is 0 Å². The highest BCUT2D eigenvalue weighted by atomic mass is 16.3. The molecular weight excluding hydrogens is 1000 g/mol. The molecule has 0 aliphatic heterocycles. The maximum atomic E-state index is 14.5. The summed E-state index contributed by atoms with van der Waals surface area (Å²) in [6.07, 6.45) is 12.3. The van der Waals surface area contributed by atoms with Crippen LogP contribution in [0.15, 0.2) is 139 Å². The quantitative estimate of drug-likeness (QED) is 0.0382. The van der Waals surface area contributed by atoms with E-state index in [4.69, 9.17) is 0 Å². The van der Waals surface area contributed by atoms with Crippen LogP contribution in [0.3, 0.4) is 0 Å². The number of nitrogens with zero attached hydrogens (tertiary/aromatic N) is 9. The number of amides is 2. The summed E-state index contributed by atoms with van der Waals surface area (Å²) in [5.41, 5.74) is -1.07. The van der Waals surface area contributed by atoms with Crippen molar-refractivity contribution in [1.29, 1.82) is 10.5 Å². The lowest BCUT2D eigenvalue weighted by molar-refractivity contribution is 0.0684. The maximum Gasteiger partial charge on any atom is 0.272 e. The molecule has 3 unspecified atom stereocenters. The summed E-state index contributed by atoms with van der Waals surface area (Å²) in [6, 6.07) is 34.1. The number of carbonyl (C=O) groups excluding carboxylic acids is 2. The first-order chi connectivity index (χ1) is 38.9. The van der Waals surface area contributed by atoms with Crippen molar-refractivity contribution in [2.45, 2.75) is 132 Å². The van der Waals surface area contributed by atoms with Crippen LogP contribution in [0.1, 0.15) is 150 Å². The fourth-order valence-electron chi connectivity index (χ4n) is 9.97. The molecule has 80 heavy (non-hydrogen) atoms. The first kappa shape index (κ1) is 60.7. The summed E-state index contributed by atoms with van der Waals surface area (Å²) in [7, 11) is 0. The maximum absolute atomic E-state index is 14.5. The van der Waals surface area contributed by atoms with Gasteiger partial charge >= 0.3 is 0 Å². The number of carbonyl (C=O) groups is 2. The van der Waals surface area contributed by atoms with Crippen LogP contribution in [-0.2, 0) is 13.1 Å². The molecule has 2 amide bonds. The molecule has 6 rings (SSSR count). The van der Waals surface area contributed by atoms with Crippen molar-refractivity contribution in [3.63, 3.8) is 0 Å².